The maximum Gasteiger partial charge on any atom is 0.224 e. The highest BCUT2D eigenvalue weighted by Gasteiger charge is 2.42. The van der Waals surface area contributed by atoms with Crippen LogP contribution < -0.4 is 5.32 Å². The van der Waals surface area contributed by atoms with Gasteiger partial charge in [-0.15, -0.1) is 0 Å². The molecule has 1 aliphatic heterocycles. The van der Waals surface area contributed by atoms with Crippen LogP contribution >= 0.6 is 11.6 Å². The van der Waals surface area contributed by atoms with Crippen molar-refractivity contribution >= 4 is 22.6 Å². The van der Waals surface area contributed by atoms with Gasteiger partial charge < -0.3 is 23.5 Å². The van der Waals surface area contributed by atoms with Crippen LogP contribution in [0.15, 0.2) is 12.3 Å². The molecule has 0 aliphatic carbocycles. The Bertz CT molecular complexity index is 757. The Balaban J connectivity index is 1.70. The molecule has 1 fully saturated rings. The van der Waals surface area contributed by atoms with Crippen LogP contribution in [0.4, 0.5) is 0 Å². The predicted molar refractivity (Wildman–Crippen MR) is 96.8 cm³/mol. The molecule has 1 aliphatic rings. The van der Waals surface area contributed by atoms with Crippen molar-refractivity contribution in [2.45, 2.75) is 51.7 Å². The molecule has 8 nitrogen and oxygen atoms in total. The van der Waals surface area contributed by atoms with Gasteiger partial charge >= 0.3 is 0 Å². The van der Waals surface area contributed by atoms with E-state index in [1.807, 2.05) is 31.4 Å². The summed E-state index contributed by atoms with van der Waals surface area (Å²) in [7, 11) is 3.19. The number of methoxy groups -OCH3 is 2. The van der Waals surface area contributed by atoms with Gasteiger partial charge in [-0.25, -0.2) is 4.98 Å². The summed E-state index contributed by atoms with van der Waals surface area (Å²) < 4.78 is 24.1. The van der Waals surface area contributed by atoms with Gasteiger partial charge in [0.1, 0.15) is 5.65 Å². The Hall–Kier alpha value is -1.29. The number of fused-ring (bicyclic) bond motifs is 1. The summed E-state index contributed by atoms with van der Waals surface area (Å²) in [5.41, 5.74) is 1.35. The minimum Gasteiger partial charge on any atom is -0.350 e. The van der Waals surface area contributed by atoms with E-state index in [1.54, 1.807) is 20.4 Å². The van der Waals surface area contributed by atoms with Crippen LogP contribution in [0, 0.1) is 0 Å². The lowest BCUT2D eigenvalue weighted by Gasteiger charge is -2.18. The SMILES string of the molecule is COC(OC)c1cc2cnc(Cl)nc2n1CCNC1OC1OC(C)(C)C. The Morgan fingerprint density at radius 1 is 1.35 bits per heavy atom. The van der Waals surface area contributed by atoms with Gasteiger partial charge in [-0.05, 0) is 38.4 Å². The topological polar surface area (TPSA) is 83.0 Å². The highest BCUT2D eigenvalue weighted by Crippen LogP contribution is 2.27. The Kier molecular flexibility index (Phi) is 5.81. The first kappa shape index (κ1) is 19.5. The van der Waals surface area contributed by atoms with Gasteiger partial charge in [-0.1, -0.05) is 0 Å². The van der Waals surface area contributed by atoms with E-state index in [0.717, 1.165) is 16.7 Å². The second-order valence-electron chi connectivity index (χ2n) is 7.05. The molecule has 0 saturated carbocycles. The van der Waals surface area contributed by atoms with Crippen LogP contribution in [0.1, 0.15) is 32.8 Å². The van der Waals surface area contributed by atoms with E-state index < -0.39 is 6.29 Å². The summed E-state index contributed by atoms with van der Waals surface area (Å²) in [5, 5.41) is 4.40. The fourth-order valence-electron chi connectivity index (χ4n) is 2.81. The summed E-state index contributed by atoms with van der Waals surface area (Å²) in [6, 6.07) is 1.95. The summed E-state index contributed by atoms with van der Waals surface area (Å²) in [4.78, 5) is 8.39. The fraction of sp³-hybridized carbons (Fsp3) is 0.647. The first-order valence-corrected chi connectivity index (χ1v) is 8.84. The van der Waals surface area contributed by atoms with Gasteiger partial charge in [0.15, 0.2) is 18.8 Å². The van der Waals surface area contributed by atoms with E-state index in [9.17, 15) is 0 Å². The number of hydrogen-bond acceptors (Lipinski definition) is 7. The molecule has 0 spiro atoms. The molecule has 2 aromatic heterocycles. The third kappa shape index (κ3) is 4.51. The molecule has 0 amide bonds. The molecule has 1 N–H and O–H groups in total. The zero-order chi connectivity index (χ0) is 18.9. The molecule has 2 unspecified atom stereocenters. The summed E-state index contributed by atoms with van der Waals surface area (Å²) >= 11 is 5.97. The van der Waals surface area contributed by atoms with Gasteiger partial charge in [0.25, 0.3) is 0 Å². The number of nitrogens with one attached hydrogen (secondary N) is 1. The molecule has 2 aromatic rings. The van der Waals surface area contributed by atoms with Crippen molar-refractivity contribution in [2.75, 3.05) is 20.8 Å². The number of aromatic nitrogens is 3. The number of rotatable bonds is 8. The maximum atomic E-state index is 5.97. The Morgan fingerprint density at radius 2 is 2.08 bits per heavy atom. The fourth-order valence-corrected chi connectivity index (χ4v) is 2.94. The van der Waals surface area contributed by atoms with Crippen molar-refractivity contribution in [1.82, 2.24) is 19.9 Å². The predicted octanol–water partition coefficient (Wildman–Crippen LogP) is 2.46. The van der Waals surface area contributed by atoms with Crippen LogP contribution in [0.25, 0.3) is 11.0 Å². The molecule has 2 atom stereocenters. The van der Waals surface area contributed by atoms with Gasteiger partial charge in [0.05, 0.1) is 11.3 Å². The van der Waals surface area contributed by atoms with Crippen molar-refractivity contribution in [3.05, 3.63) is 23.2 Å². The monoisotopic (exact) mass is 384 g/mol. The van der Waals surface area contributed by atoms with Gasteiger partial charge in [-0.3, -0.25) is 5.32 Å². The first-order chi connectivity index (χ1) is 12.3. The molecule has 144 valence electrons. The standard InChI is InChI=1S/C17H25ClN4O4/c1-17(2,3)26-15-13(25-15)19-6-7-22-11(14(23-4)24-5)8-10-9-20-16(18)21-12(10)22/h8-9,13-15,19H,6-7H2,1-5H3. The number of nitrogens with zero attached hydrogens (tertiary/aromatic N) is 3. The average molecular weight is 385 g/mol. The average Bonchev–Trinajstić information content (AvgIpc) is 3.18. The van der Waals surface area contributed by atoms with Gasteiger partial charge in [-0.2, -0.15) is 4.98 Å². The molecule has 3 rings (SSSR count). The Labute approximate surface area is 157 Å². The highest BCUT2D eigenvalue weighted by atomic mass is 35.5. The molecular weight excluding hydrogens is 360 g/mol. The Morgan fingerprint density at radius 3 is 2.73 bits per heavy atom. The molecule has 0 radical (unpaired) electrons. The molecule has 3 heterocycles. The van der Waals surface area contributed by atoms with E-state index in [1.165, 1.54) is 0 Å². The number of epoxide rings is 1. The molecule has 1 saturated heterocycles. The van der Waals surface area contributed by atoms with Crippen LogP contribution in [0.5, 0.6) is 0 Å². The number of hydrogen-bond donors (Lipinski definition) is 1. The van der Waals surface area contributed by atoms with Crippen LogP contribution in [0.3, 0.4) is 0 Å². The lowest BCUT2D eigenvalue weighted by Crippen LogP contribution is -2.29. The normalized spacial score (nSPS) is 20.3. The summed E-state index contributed by atoms with van der Waals surface area (Å²) in [6.07, 6.45) is 0.881. The maximum absolute atomic E-state index is 5.97. The lowest BCUT2D eigenvalue weighted by atomic mass is 10.2. The van der Waals surface area contributed by atoms with E-state index in [0.29, 0.717) is 13.1 Å². The molecule has 9 heteroatoms. The van der Waals surface area contributed by atoms with Crippen LogP contribution in [-0.4, -0.2) is 53.4 Å². The zero-order valence-corrected chi connectivity index (χ0v) is 16.4. The van der Waals surface area contributed by atoms with Crippen LogP contribution in [0.2, 0.25) is 5.28 Å². The quantitative estimate of drug-likeness (QED) is 0.425. The molecule has 26 heavy (non-hydrogen) atoms. The zero-order valence-electron chi connectivity index (χ0n) is 15.7. The van der Waals surface area contributed by atoms with Crippen molar-refractivity contribution in [2.24, 2.45) is 0 Å². The van der Waals surface area contributed by atoms with E-state index in [4.69, 9.17) is 30.5 Å². The highest BCUT2D eigenvalue weighted by molar-refractivity contribution is 6.28. The van der Waals surface area contributed by atoms with Crippen molar-refractivity contribution in [3.8, 4) is 0 Å². The summed E-state index contributed by atoms with van der Waals surface area (Å²) in [6.45, 7) is 7.31. The number of halogens is 1. The molecule has 0 aromatic carbocycles. The number of ether oxygens (including phenoxy) is 4. The second-order valence-corrected chi connectivity index (χ2v) is 7.39. The smallest absolute Gasteiger partial charge is 0.224 e. The van der Waals surface area contributed by atoms with Gasteiger partial charge in [0, 0.05) is 38.9 Å². The third-order valence-electron chi connectivity index (χ3n) is 3.91. The van der Waals surface area contributed by atoms with E-state index in [-0.39, 0.29) is 23.4 Å². The van der Waals surface area contributed by atoms with Crippen molar-refractivity contribution in [1.29, 1.82) is 0 Å². The van der Waals surface area contributed by atoms with Crippen LogP contribution in [-0.2, 0) is 25.5 Å². The molecule has 0 bridgehead atoms. The van der Waals surface area contributed by atoms with E-state index >= 15 is 0 Å². The summed E-state index contributed by atoms with van der Waals surface area (Å²) in [5.74, 6) is 0. The second kappa shape index (κ2) is 7.75. The minimum atomic E-state index is -0.503. The first-order valence-electron chi connectivity index (χ1n) is 8.46. The van der Waals surface area contributed by atoms with E-state index in [2.05, 4.69) is 15.3 Å². The van der Waals surface area contributed by atoms with Crippen molar-refractivity contribution in [3.63, 3.8) is 0 Å². The lowest BCUT2D eigenvalue weighted by molar-refractivity contribution is -0.110. The molecular formula is C17H25ClN4O4. The third-order valence-corrected chi connectivity index (χ3v) is 4.09. The van der Waals surface area contributed by atoms with Gasteiger partial charge in [0.2, 0.25) is 5.28 Å². The minimum absolute atomic E-state index is 0.0987. The largest absolute Gasteiger partial charge is 0.350 e. The van der Waals surface area contributed by atoms with Crippen molar-refractivity contribution < 1.29 is 18.9 Å².